The fourth-order valence-corrected chi connectivity index (χ4v) is 3.85. The molecule has 1 aromatic carbocycles. The molecule has 1 saturated heterocycles. The number of nitrogens with one attached hydrogen (secondary N) is 1. The molecule has 1 aliphatic heterocycles. The number of likely N-dealkylation sites (tertiary alicyclic amines) is 1. The molecule has 2 amide bonds. The van der Waals surface area contributed by atoms with E-state index in [1.165, 1.54) is 0 Å². The summed E-state index contributed by atoms with van der Waals surface area (Å²) >= 11 is 0. The number of carbonyl (C=O) groups is 2. The number of aromatic nitrogens is 2. The summed E-state index contributed by atoms with van der Waals surface area (Å²) in [7, 11) is 0. The van der Waals surface area contributed by atoms with E-state index in [9.17, 15) is 9.59 Å². The van der Waals surface area contributed by atoms with Crippen molar-refractivity contribution in [2.24, 2.45) is 5.92 Å². The highest BCUT2D eigenvalue weighted by Crippen LogP contribution is 2.22. The molecule has 1 atom stereocenters. The zero-order valence-corrected chi connectivity index (χ0v) is 16.6. The second-order valence-corrected chi connectivity index (χ2v) is 7.38. The summed E-state index contributed by atoms with van der Waals surface area (Å²) in [5, 5.41) is 3.10. The van der Waals surface area contributed by atoms with E-state index in [0.29, 0.717) is 0 Å². The van der Waals surface area contributed by atoms with Gasteiger partial charge in [-0.05, 0) is 44.7 Å². The third-order valence-electron chi connectivity index (χ3n) is 5.54. The average molecular weight is 370 g/mol. The molecule has 6 heteroatoms. The summed E-state index contributed by atoms with van der Waals surface area (Å²) in [5.74, 6) is 0.923. The summed E-state index contributed by atoms with van der Waals surface area (Å²) in [5.41, 5.74) is 1.79. The molecule has 2 heterocycles. The molecule has 27 heavy (non-hydrogen) atoms. The monoisotopic (exact) mass is 370 g/mol. The summed E-state index contributed by atoms with van der Waals surface area (Å²) in [6, 6.07) is 7.58. The van der Waals surface area contributed by atoms with Crippen LogP contribution in [0.15, 0.2) is 24.3 Å². The molecule has 0 radical (unpaired) electrons. The normalized spacial score (nSPS) is 15.5. The molecule has 1 aliphatic rings. The number of fused-ring (bicyclic) bond motifs is 1. The maximum absolute atomic E-state index is 12.7. The number of amides is 2. The van der Waals surface area contributed by atoms with Crippen LogP contribution >= 0.6 is 0 Å². The first-order chi connectivity index (χ1) is 13.0. The van der Waals surface area contributed by atoms with Gasteiger partial charge in [0.1, 0.15) is 12.4 Å². The minimum absolute atomic E-state index is 0.0107. The Hall–Kier alpha value is -2.37. The van der Waals surface area contributed by atoms with Crippen LogP contribution in [-0.2, 0) is 16.1 Å². The largest absolute Gasteiger partial charge is 0.346 e. The van der Waals surface area contributed by atoms with E-state index in [2.05, 4.69) is 5.32 Å². The van der Waals surface area contributed by atoms with Crippen LogP contribution < -0.4 is 5.32 Å². The van der Waals surface area contributed by atoms with Gasteiger partial charge < -0.3 is 14.8 Å². The minimum atomic E-state index is -0.253. The van der Waals surface area contributed by atoms with Crippen LogP contribution in [0.4, 0.5) is 0 Å². The quantitative estimate of drug-likeness (QED) is 0.813. The number of hydrogen-bond acceptors (Lipinski definition) is 3. The number of hydrogen-bond donors (Lipinski definition) is 1. The number of rotatable bonds is 7. The molecule has 1 N–H and O–H groups in total. The van der Waals surface area contributed by atoms with Crippen molar-refractivity contribution in [3.05, 3.63) is 30.1 Å². The van der Waals surface area contributed by atoms with Gasteiger partial charge in [-0.25, -0.2) is 4.98 Å². The summed E-state index contributed by atoms with van der Waals surface area (Å²) in [6.07, 6.45) is 3.79. The third-order valence-corrected chi connectivity index (χ3v) is 5.54. The Balaban J connectivity index is 1.87. The molecule has 1 unspecified atom stereocenters. The van der Waals surface area contributed by atoms with Crippen molar-refractivity contribution >= 4 is 22.8 Å². The molecule has 1 fully saturated rings. The van der Waals surface area contributed by atoms with Gasteiger partial charge in [-0.1, -0.05) is 26.0 Å². The lowest BCUT2D eigenvalue weighted by Gasteiger charge is -2.21. The molecular formula is C21H30N4O2. The Morgan fingerprint density at radius 3 is 2.48 bits per heavy atom. The molecule has 0 saturated carbocycles. The first-order valence-electron chi connectivity index (χ1n) is 10.1. The molecule has 0 aliphatic carbocycles. The first kappa shape index (κ1) is 19.4. The van der Waals surface area contributed by atoms with E-state index >= 15 is 0 Å². The number of benzene rings is 1. The molecule has 0 spiro atoms. The van der Waals surface area contributed by atoms with Crippen molar-refractivity contribution in [3.8, 4) is 0 Å². The van der Waals surface area contributed by atoms with Crippen LogP contribution in [0, 0.1) is 5.92 Å². The fourth-order valence-electron chi connectivity index (χ4n) is 3.85. The van der Waals surface area contributed by atoms with Gasteiger partial charge in [-0.2, -0.15) is 0 Å². The number of imidazole rings is 1. The standard InChI is InChI=1S/C21H30N4O2/c1-4-16(5-2)21(27)22-15(3)20-23-17-10-6-7-11-18(17)25(20)14-19(26)24-12-8-9-13-24/h6-7,10-11,15-16H,4-5,8-9,12-14H2,1-3H3,(H,22,27). The Kier molecular flexibility index (Phi) is 6.14. The highest BCUT2D eigenvalue weighted by atomic mass is 16.2. The Morgan fingerprint density at radius 2 is 1.81 bits per heavy atom. The lowest BCUT2D eigenvalue weighted by Crippen LogP contribution is -2.35. The molecule has 6 nitrogen and oxygen atoms in total. The van der Waals surface area contributed by atoms with Gasteiger partial charge in [0.2, 0.25) is 11.8 Å². The highest BCUT2D eigenvalue weighted by Gasteiger charge is 2.24. The smallest absolute Gasteiger partial charge is 0.242 e. The van der Waals surface area contributed by atoms with Crippen LogP contribution in [0.1, 0.15) is 58.3 Å². The van der Waals surface area contributed by atoms with Gasteiger partial charge in [0.05, 0.1) is 17.1 Å². The van der Waals surface area contributed by atoms with Crippen molar-refractivity contribution in [2.75, 3.05) is 13.1 Å². The van der Waals surface area contributed by atoms with Crippen LogP contribution in [0.25, 0.3) is 11.0 Å². The minimum Gasteiger partial charge on any atom is -0.346 e. The lowest BCUT2D eigenvalue weighted by molar-refractivity contribution is -0.130. The van der Waals surface area contributed by atoms with E-state index in [4.69, 9.17) is 4.98 Å². The SMILES string of the molecule is CCC(CC)C(=O)NC(C)c1nc2ccccc2n1CC(=O)N1CCCC1. The fraction of sp³-hybridized carbons (Fsp3) is 0.571. The summed E-state index contributed by atoms with van der Waals surface area (Å²) in [6.45, 7) is 7.94. The van der Waals surface area contributed by atoms with Crippen LogP contribution in [0.2, 0.25) is 0 Å². The van der Waals surface area contributed by atoms with Crippen LogP contribution in [0.3, 0.4) is 0 Å². The van der Waals surface area contributed by atoms with E-state index in [1.54, 1.807) is 0 Å². The number of para-hydroxylation sites is 2. The lowest BCUT2D eigenvalue weighted by atomic mass is 10.0. The van der Waals surface area contributed by atoms with Crippen molar-refractivity contribution in [2.45, 2.75) is 59.0 Å². The van der Waals surface area contributed by atoms with Gasteiger partial charge in [0.25, 0.3) is 0 Å². The number of carbonyl (C=O) groups excluding carboxylic acids is 2. The van der Waals surface area contributed by atoms with Gasteiger partial charge in [-0.3, -0.25) is 9.59 Å². The van der Waals surface area contributed by atoms with E-state index in [-0.39, 0.29) is 30.3 Å². The van der Waals surface area contributed by atoms with Gasteiger partial charge >= 0.3 is 0 Å². The molecule has 146 valence electrons. The average Bonchev–Trinajstić information content (AvgIpc) is 3.31. The van der Waals surface area contributed by atoms with Crippen molar-refractivity contribution in [3.63, 3.8) is 0 Å². The second-order valence-electron chi connectivity index (χ2n) is 7.38. The molecule has 1 aromatic heterocycles. The van der Waals surface area contributed by atoms with Gasteiger partial charge in [0, 0.05) is 19.0 Å². The summed E-state index contributed by atoms with van der Waals surface area (Å²) in [4.78, 5) is 31.9. The zero-order chi connectivity index (χ0) is 19.4. The summed E-state index contributed by atoms with van der Waals surface area (Å²) < 4.78 is 1.97. The van der Waals surface area contributed by atoms with Gasteiger partial charge in [-0.15, -0.1) is 0 Å². The van der Waals surface area contributed by atoms with Crippen molar-refractivity contribution < 1.29 is 9.59 Å². The molecular weight excluding hydrogens is 340 g/mol. The van der Waals surface area contributed by atoms with E-state index in [1.807, 2.05) is 54.5 Å². The molecule has 3 rings (SSSR count). The maximum Gasteiger partial charge on any atom is 0.242 e. The Morgan fingerprint density at radius 1 is 1.15 bits per heavy atom. The van der Waals surface area contributed by atoms with Crippen molar-refractivity contribution in [1.29, 1.82) is 0 Å². The predicted molar refractivity (Wildman–Crippen MR) is 106 cm³/mol. The third kappa shape index (κ3) is 4.15. The number of nitrogens with zero attached hydrogens (tertiary/aromatic N) is 3. The maximum atomic E-state index is 12.7. The van der Waals surface area contributed by atoms with Crippen LogP contribution in [-0.4, -0.2) is 39.4 Å². The van der Waals surface area contributed by atoms with Crippen molar-refractivity contribution in [1.82, 2.24) is 19.8 Å². The molecule has 2 aromatic rings. The zero-order valence-electron chi connectivity index (χ0n) is 16.6. The Bertz CT molecular complexity index is 804. The predicted octanol–water partition coefficient (Wildman–Crippen LogP) is 3.27. The molecule has 0 bridgehead atoms. The van der Waals surface area contributed by atoms with Gasteiger partial charge in [0.15, 0.2) is 0 Å². The Labute approximate surface area is 160 Å². The first-order valence-corrected chi connectivity index (χ1v) is 10.1. The van der Waals surface area contributed by atoms with E-state index < -0.39 is 0 Å². The highest BCUT2D eigenvalue weighted by molar-refractivity contribution is 5.82. The van der Waals surface area contributed by atoms with Crippen LogP contribution in [0.5, 0.6) is 0 Å². The topological polar surface area (TPSA) is 67.2 Å². The van der Waals surface area contributed by atoms with E-state index in [0.717, 1.165) is 55.6 Å². The second kappa shape index (κ2) is 8.55.